The third-order valence-electron chi connectivity index (χ3n) is 9.02. The van der Waals surface area contributed by atoms with Crippen molar-refractivity contribution in [3.8, 4) is 23.0 Å². The van der Waals surface area contributed by atoms with E-state index in [-0.39, 0.29) is 84.8 Å². The number of phenols is 2. The van der Waals surface area contributed by atoms with Crippen LogP contribution in [0.5, 0.6) is 23.0 Å². The Morgan fingerprint density at radius 3 is 1.64 bits per heavy atom. The molecular formula is C45H46N3O10Y-. The number of rotatable bonds is 16. The van der Waals surface area contributed by atoms with Crippen LogP contribution in [0.1, 0.15) is 79.8 Å². The summed E-state index contributed by atoms with van der Waals surface area (Å²) in [7, 11) is 2.41. The number of carbonyl (C=O) groups is 5. The summed E-state index contributed by atoms with van der Waals surface area (Å²) in [5.74, 6) is -5.91. The molecule has 6 N–H and O–H groups in total. The second kappa shape index (κ2) is 22.8. The van der Waals surface area contributed by atoms with Crippen LogP contribution in [0.4, 0.5) is 17.1 Å². The number of benzene rings is 5. The Bertz CT molecular complexity index is 2250. The van der Waals surface area contributed by atoms with E-state index in [1.807, 2.05) is 44.2 Å². The Labute approximate surface area is 368 Å². The smallest absolute Gasteiger partial charge is 0.339 e. The van der Waals surface area contributed by atoms with Gasteiger partial charge in [0.15, 0.2) is 34.7 Å². The molecular weight excluding hydrogens is 831 g/mol. The number of ketones is 1. The monoisotopic (exact) mass is 877 g/mol. The van der Waals surface area contributed by atoms with Crippen LogP contribution in [-0.2, 0) is 50.3 Å². The van der Waals surface area contributed by atoms with E-state index in [4.69, 9.17) is 9.47 Å². The van der Waals surface area contributed by atoms with Crippen molar-refractivity contribution >= 4 is 46.5 Å². The first-order valence-corrected chi connectivity index (χ1v) is 18.5. The number of amides is 3. The van der Waals surface area contributed by atoms with Crippen molar-refractivity contribution in [1.29, 1.82) is 0 Å². The molecule has 0 heterocycles. The molecule has 1 atom stereocenters. The largest absolute Gasteiger partial charge is 0.504 e. The van der Waals surface area contributed by atoms with Crippen LogP contribution in [0, 0.1) is 12.3 Å². The van der Waals surface area contributed by atoms with Gasteiger partial charge in [-0.3, -0.25) is 19.2 Å². The Morgan fingerprint density at radius 1 is 0.627 bits per heavy atom. The zero-order valence-electron chi connectivity index (χ0n) is 33.4. The van der Waals surface area contributed by atoms with E-state index in [1.165, 1.54) is 62.2 Å². The minimum atomic E-state index is -1.40. The number of aromatic hydroxyl groups is 2. The number of carbonyl (C=O) groups excluding carboxylic acids is 4. The number of aryl methyl sites for hydroxylation is 2. The molecule has 14 heteroatoms. The van der Waals surface area contributed by atoms with E-state index in [0.717, 1.165) is 24.5 Å². The third kappa shape index (κ3) is 12.2. The second-order valence-electron chi connectivity index (χ2n) is 12.6. The van der Waals surface area contributed by atoms with Gasteiger partial charge in [-0.15, -0.1) is 0 Å². The maximum Gasteiger partial charge on any atom is 0.339 e. The number of carboxylic acids is 1. The molecule has 1 radical (unpaired) electrons. The predicted octanol–water partition coefficient (Wildman–Crippen LogP) is 8.18. The van der Waals surface area contributed by atoms with Crippen LogP contribution in [0.15, 0.2) is 103 Å². The number of ether oxygens (including phenoxy) is 2. The quantitative estimate of drug-likeness (QED) is 0.0415. The van der Waals surface area contributed by atoms with Gasteiger partial charge >= 0.3 is 5.97 Å². The summed E-state index contributed by atoms with van der Waals surface area (Å²) < 4.78 is 10.4. The van der Waals surface area contributed by atoms with E-state index in [0.29, 0.717) is 11.3 Å². The third-order valence-corrected chi connectivity index (χ3v) is 9.02. The molecule has 0 aliphatic carbocycles. The van der Waals surface area contributed by atoms with Gasteiger partial charge in [0.1, 0.15) is 5.56 Å². The zero-order chi connectivity index (χ0) is 42.4. The Balaban J connectivity index is 0.00000305. The fourth-order valence-corrected chi connectivity index (χ4v) is 5.90. The van der Waals surface area contributed by atoms with Crippen LogP contribution in [0.2, 0.25) is 0 Å². The van der Waals surface area contributed by atoms with Crippen molar-refractivity contribution < 1.29 is 81.5 Å². The van der Waals surface area contributed by atoms with Gasteiger partial charge in [-0.2, -0.15) is 6.92 Å². The van der Waals surface area contributed by atoms with Crippen LogP contribution in [0.25, 0.3) is 0 Å². The fraction of sp³-hybridized carbons (Fsp3) is 0.200. The zero-order valence-corrected chi connectivity index (χ0v) is 36.2. The normalized spacial score (nSPS) is 10.7. The Hall–Kier alpha value is -6.05. The van der Waals surface area contributed by atoms with Gasteiger partial charge in [0, 0.05) is 49.5 Å². The van der Waals surface area contributed by atoms with Crippen LogP contribution >= 0.6 is 0 Å². The Kier molecular flexibility index (Phi) is 18.3. The summed E-state index contributed by atoms with van der Waals surface area (Å²) in [5, 5.41) is 38.3. The first-order valence-electron chi connectivity index (χ1n) is 18.5. The first kappa shape index (κ1) is 47.3. The summed E-state index contributed by atoms with van der Waals surface area (Å²) in [6.45, 7) is 5.72. The van der Waals surface area contributed by atoms with Crippen molar-refractivity contribution in [2.24, 2.45) is 5.92 Å². The topological polar surface area (TPSA) is 201 Å². The number of Topliss-reactive ketones (excluding diaryl/α,β-unsaturated/α-hetero) is 1. The van der Waals surface area contributed by atoms with Crippen LogP contribution in [-0.4, -0.2) is 59.0 Å². The fourth-order valence-electron chi connectivity index (χ4n) is 5.90. The van der Waals surface area contributed by atoms with Gasteiger partial charge in [-0.1, -0.05) is 74.4 Å². The average Bonchev–Trinajstić information content (AvgIpc) is 3.23. The van der Waals surface area contributed by atoms with Crippen LogP contribution < -0.4 is 25.4 Å². The first-order chi connectivity index (χ1) is 27.9. The van der Waals surface area contributed by atoms with Gasteiger partial charge in [-0.25, -0.2) is 4.79 Å². The molecule has 305 valence electrons. The van der Waals surface area contributed by atoms with Crippen molar-refractivity contribution in [2.45, 2.75) is 40.0 Å². The van der Waals surface area contributed by atoms with Crippen molar-refractivity contribution in [2.75, 3.05) is 30.2 Å². The van der Waals surface area contributed by atoms with Crippen molar-refractivity contribution in [3.05, 3.63) is 143 Å². The molecule has 3 amide bonds. The molecule has 5 aromatic rings. The van der Waals surface area contributed by atoms with Gasteiger partial charge < -0.3 is 47.2 Å². The standard InChI is InChI=1S/C43H40N3O10.C2H6.Y/c1-4-27(24-35(47)28-14-12-26(13-15-28)11-10-25-8-6-5-7-9-25)40(50)44-30-18-16-29(17-19-30)41(51)45-33-22-20-31(36(48)38(33)55-2)42(52)46-34-23-21-32(43(53)54)37(49)39(34)56-3;1-2;/h4-9,12-23,27,48-49H,10-11,24H2,1-3H3,(H,44,50)(H,45,51)(H,46,52)(H,53,54);1-2H3;/q-1;;. The summed E-state index contributed by atoms with van der Waals surface area (Å²) >= 11 is 0. The average molecular weight is 878 g/mol. The minimum absolute atomic E-state index is 0. The van der Waals surface area contributed by atoms with E-state index in [9.17, 15) is 39.3 Å². The van der Waals surface area contributed by atoms with Gasteiger partial charge in [0.25, 0.3) is 11.8 Å². The molecule has 13 nitrogen and oxygen atoms in total. The summed E-state index contributed by atoms with van der Waals surface area (Å²) in [4.78, 5) is 63.8. The minimum Gasteiger partial charge on any atom is -0.504 e. The van der Waals surface area contributed by atoms with E-state index >= 15 is 0 Å². The molecule has 5 aromatic carbocycles. The molecule has 0 fully saturated rings. The van der Waals surface area contributed by atoms with E-state index in [2.05, 4.69) is 28.1 Å². The van der Waals surface area contributed by atoms with Gasteiger partial charge in [-0.05, 0) is 78.9 Å². The molecule has 0 bridgehead atoms. The number of phenolic OH excluding ortho intramolecular Hbond substituents is 1. The number of anilines is 3. The molecule has 0 aliphatic heterocycles. The van der Waals surface area contributed by atoms with E-state index < -0.39 is 40.8 Å². The number of nitrogens with one attached hydrogen (secondary N) is 3. The maximum atomic E-state index is 13.2. The van der Waals surface area contributed by atoms with Crippen LogP contribution in [0.3, 0.4) is 0 Å². The SMILES string of the molecule is CC.C[CH-]C(CC(=O)c1ccc(CCc2ccccc2)cc1)C(=O)Nc1ccc(C(=O)Nc2ccc(C(=O)Nc3ccc(C(=O)O)c(O)c3OC)c(O)c2OC)cc1.[Y]. The van der Waals surface area contributed by atoms with Crippen molar-refractivity contribution in [3.63, 3.8) is 0 Å². The molecule has 59 heavy (non-hydrogen) atoms. The molecule has 5 rings (SSSR count). The van der Waals surface area contributed by atoms with E-state index in [1.54, 1.807) is 25.5 Å². The molecule has 0 aromatic heterocycles. The predicted molar refractivity (Wildman–Crippen MR) is 221 cm³/mol. The summed E-state index contributed by atoms with van der Waals surface area (Å²) in [6.07, 6.45) is 3.39. The number of carboxylic acid groups (broad SMARTS) is 1. The second-order valence-corrected chi connectivity index (χ2v) is 12.6. The Morgan fingerprint density at radius 2 is 1.12 bits per heavy atom. The molecule has 0 spiro atoms. The molecule has 1 unspecified atom stereocenters. The van der Waals surface area contributed by atoms with Crippen molar-refractivity contribution in [1.82, 2.24) is 0 Å². The summed E-state index contributed by atoms with van der Waals surface area (Å²) in [5.41, 5.74) is 2.75. The van der Waals surface area contributed by atoms with Gasteiger partial charge in [0.2, 0.25) is 0 Å². The maximum absolute atomic E-state index is 13.2. The molecule has 0 saturated carbocycles. The number of hydrogen-bond acceptors (Lipinski definition) is 9. The number of methoxy groups -OCH3 is 2. The molecule has 0 aliphatic rings. The number of hydrogen-bond donors (Lipinski definition) is 6. The summed E-state index contributed by atoms with van der Waals surface area (Å²) in [6, 6.07) is 28.5. The number of aromatic carboxylic acids is 1. The molecule has 0 saturated heterocycles. The van der Waals surface area contributed by atoms with Gasteiger partial charge in [0.05, 0.1) is 31.2 Å².